The number of hydrogen-bond donors (Lipinski definition) is 3. The molecule has 3 atom stereocenters. The van der Waals surface area contributed by atoms with Gasteiger partial charge in [-0.2, -0.15) is 17.8 Å². The van der Waals surface area contributed by atoms with Crippen molar-refractivity contribution in [3.05, 3.63) is 48.0 Å². The summed E-state index contributed by atoms with van der Waals surface area (Å²) >= 11 is 1.97. The van der Waals surface area contributed by atoms with E-state index in [2.05, 4.69) is 24.7 Å². The predicted molar refractivity (Wildman–Crippen MR) is 136 cm³/mol. The number of anilines is 1. The molecule has 2 saturated heterocycles. The minimum atomic E-state index is -4.16. The molecule has 38 heavy (non-hydrogen) atoms. The van der Waals surface area contributed by atoms with Crippen LogP contribution >= 0.6 is 23.3 Å². The number of carboxylic acids is 1. The zero-order chi connectivity index (χ0) is 27.7. The van der Waals surface area contributed by atoms with E-state index in [9.17, 15) is 27.9 Å². The first-order valence-corrected chi connectivity index (χ1v) is 14.1. The van der Waals surface area contributed by atoms with E-state index in [0.717, 1.165) is 41.2 Å². The molecule has 2 aliphatic heterocycles. The van der Waals surface area contributed by atoms with Gasteiger partial charge in [-0.15, -0.1) is 11.8 Å². The molecule has 0 saturated carbocycles. The lowest BCUT2D eigenvalue weighted by atomic mass is 9.87. The molecular weight excluding hydrogens is 560 g/mol. The second-order valence-electron chi connectivity index (χ2n) is 8.32. The Morgan fingerprint density at radius 1 is 1.34 bits per heavy atom. The molecule has 0 aliphatic carbocycles. The lowest BCUT2D eigenvalue weighted by Crippen LogP contribution is -2.73. The van der Waals surface area contributed by atoms with Gasteiger partial charge in [-0.3, -0.25) is 14.4 Å². The van der Waals surface area contributed by atoms with Gasteiger partial charge in [-0.25, -0.2) is 0 Å². The van der Waals surface area contributed by atoms with Gasteiger partial charge in [0.2, 0.25) is 17.4 Å². The fourth-order valence-electron chi connectivity index (χ4n) is 3.70. The number of nitrogen functional groups attached to an aromatic ring is 1. The largest absolute Gasteiger partial charge is 0.481 e. The summed E-state index contributed by atoms with van der Waals surface area (Å²) in [4.78, 5) is 47.6. The molecule has 2 fully saturated rings. The molecule has 2 aromatic rings. The van der Waals surface area contributed by atoms with Gasteiger partial charge in [0, 0.05) is 23.8 Å². The number of oxime groups is 1. The summed E-state index contributed by atoms with van der Waals surface area (Å²) < 4.78 is 33.7. The number of carboxylic acid groups (broad SMARTS) is 1. The summed E-state index contributed by atoms with van der Waals surface area (Å²) in [6.07, 6.45) is 1.93. The highest BCUT2D eigenvalue weighted by Crippen LogP contribution is 2.43. The first-order chi connectivity index (χ1) is 18.0. The highest BCUT2D eigenvalue weighted by atomic mass is 32.2. The van der Waals surface area contributed by atoms with Crippen LogP contribution in [0.4, 0.5) is 5.13 Å². The Labute approximate surface area is 225 Å². The summed E-state index contributed by atoms with van der Waals surface area (Å²) in [7, 11) is -2.93. The van der Waals surface area contributed by atoms with Crippen molar-refractivity contribution in [1.82, 2.24) is 19.6 Å². The number of nitrogens with zero attached hydrogens (tertiary/aromatic N) is 4. The van der Waals surface area contributed by atoms with Crippen LogP contribution in [-0.2, 0) is 33.5 Å². The van der Waals surface area contributed by atoms with Crippen LogP contribution < -0.4 is 11.1 Å². The van der Waals surface area contributed by atoms with Crippen LogP contribution in [0.1, 0.15) is 11.4 Å². The molecule has 3 heterocycles. The summed E-state index contributed by atoms with van der Waals surface area (Å²) in [6, 6.07) is 5.01. The normalized spacial score (nSPS) is 23.5. The molecule has 4 rings (SSSR count). The maximum atomic E-state index is 12.8. The van der Waals surface area contributed by atoms with Gasteiger partial charge < -0.3 is 30.1 Å². The van der Waals surface area contributed by atoms with Crippen molar-refractivity contribution >= 4 is 62.0 Å². The Hall–Kier alpha value is -3.70. The van der Waals surface area contributed by atoms with Gasteiger partial charge in [-0.05, 0) is 25.1 Å². The van der Waals surface area contributed by atoms with E-state index in [-0.39, 0.29) is 33.9 Å². The summed E-state index contributed by atoms with van der Waals surface area (Å²) in [5, 5.41) is 15.7. The second kappa shape index (κ2) is 10.6. The minimum Gasteiger partial charge on any atom is -0.481 e. The van der Waals surface area contributed by atoms with Gasteiger partial charge in [0.25, 0.3) is 5.91 Å². The van der Waals surface area contributed by atoms with Crippen molar-refractivity contribution in [2.45, 2.75) is 23.2 Å². The molecule has 2 aliphatic rings. The van der Waals surface area contributed by atoms with Gasteiger partial charge in [0.05, 0.1) is 0 Å². The first kappa shape index (κ1) is 27.3. The quantitative estimate of drug-likeness (QED) is 0.119. The number of carbonyl (C=O) groups is 3. The molecule has 4 N–H and O–H groups in total. The van der Waals surface area contributed by atoms with Crippen LogP contribution in [0, 0.1) is 12.3 Å². The smallest absolute Gasteiger partial charge is 0.338 e. The van der Waals surface area contributed by atoms with Crippen molar-refractivity contribution in [3.8, 4) is 0 Å². The van der Waals surface area contributed by atoms with Gasteiger partial charge in [-0.1, -0.05) is 22.9 Å². The maximum Gasteiger partial charge on any atom is 0.338 e. The molecular formula is C21H22N6O8S3. The van der Waals surface area contributed by atoms with Crippen molar-refractivity contribution in [3.63, 3.8) is 0 Å². The number of thioether (sulfide) groups is 1. The number of benzene rings is 1. The Balaban J connectivity index is 1.43. The number of β-lactam (4-membered cyclic amide) rings is 1. The molecule has 2 unspecified atom stereocenters. The molecule has 0 radical (unpaired) electrons. The fraction of sp³-hybridized carbons (Fsp3) is 0.333. The summed E-state index contributed by atoms with van der Waals surface area (Å²) in [6.45, 7) is 1.55. The number of hydrogen-bond acceptors (Lipinski definition) is 13. The monoisotopic (exact) mass is 582 g/mol. The van der Waals surface area contributed by atoms with Crippen molar-refractivity contribution in [1.29, 1.82) is 0 Å². The average molecular weight is 583 g/mol. The van der Waals surface area contributed by atoms with E-state index in [1.807, 2.05) is 0 Å². The molecule has 0 bridgehead atoms. The zero-order valence-electron chi connectivity index (χ0n) is 19.9. The van der Waals surface area contributed by atoms with Crippen LogP contribution in [0.2, 0.25) is 0 Å². The number of fused-ring (bicyclic) bond motifs is 1. The third kappa shape index (κ3) is 5.30. The van der Waals surface area contributed by atoms with E-state index < -0.39 is 44.7 Å². The highest BCUT2D eigenvalue weighted by molar-refractivity contribution is 8.00. The Morgan fingerprint density at radius 2 is 2.05 bits per heavy atom. The molecule has 1 aromatic carbocycles. The number of aromatic nitrogens is 2. The van der Waals surface area contributed by atoms with E-state index in [1.54, 1.807) is 19.1 Å². The number of nitrogens with one attached hydrogen (secondary N) is 1. The molecule has 1 aromatic heterocycles. The summed E-state index contributed by atoms with van der Waals surface area (Å²) in [5.41, 5.74) is 4.53. The fourth-order valence-corrected chi connectivity index (χ4v) is 6.44. The summed E-state index contributed by atoms with van der Waals surface area (Å²) in [5.74, 6) is -2.64. The number of nitrogens with two attached hydrogens (primary N) is 1. The third-order valence-electron chi connectivity index (χ3n) is 5.75. The van der Waals surface area contributed by atoms with Crippen LogP contribution in [-0.4, -0.2) is 82.1 Å². The average Bonchev–Trinajstić information content (AvgIpc) is 3.31. The Morgan fingerprint density at radius 3 is 2.66 bits per heavy atom. The van der Waals surface area contributed by atoms with E-state index in [4.69, 9.17) is 9.92 Å². The van der Waals surface area contributed by atoms with Gasteiger partial charge >= 0.3 is 16.1 Å². The van der Waals surface area contributed by atoms with E-state index in [1.165, 1.54) is 24.1 Å². The first-order valence-electron chi connectivity index (χ1n) is 10.8. The van der Waals surface area contributed by atoms with E-state index in [0.29, 0.717) is 0 Å². The number of amides is 2. The zero-order valence-corrected chi connectivity index (χ0v) is 22.4. The molecule has 2 amide bonds. The van der Waals surface area contributed by atoms with Crippen molar-refractivity contribution < 1.29 is 36.9 Å². The standard InChI is InChI=1S/C21H22N6O8S3/c1-11-3-5-12(6-4-11)38(32,33)35-8-7-21(19(30)31)9-27-17(29)14(18(27)36-10-21)23-16(28)13(25-34-2)15-24-20(22)37-26-15/h3-8,14,18H,9-10H2,1-2H3,(H,23,28)(H,30,31)(H2,22,24,26)/t14?,18-,21?/m1/s1. The highest BCUT2D eigenvalue weighted by Gasteiger charge is 2.57. The van der Waals surface area contributed by atoms with Crippen LogP contribution in [0.5, 0.6) is 0 Å². The van der Waals surface area contributed by atoms with Crippen molar-refractivity contribution in [2.24, 2.45) is 10.6 Å². The topological polar surface area (TPSA) is 203 Å². The second-order valence-corrected chi connectivity index (χ2v) is 11.8. The van der Waals surface area contributed by atoms with Crippen molar-refractivity contribution in [2.75, 3.05) is 25.1 Å². The predicted octanol–water partition coefficient (Wildman–Crippen LogP) is 0.169. The van der Waals surface area contributed by atoms with Crippen LogP contribution in [0.25, 0.3) is 0 Å². The number of carbonyl (C=O) groups excluding carboxylic acids is 2. The molecule has 14 nitrogen and oxygen atoms in total. The van der Waals surface area contributed by atoms with Crippen LogP contribution in [0.15, 0.2) is 46.7 Å². The third-order valence-corrected chi connectivity index (χ3v) is 9.05. The molecule has 17 heteroatoms. The van der Waals surface area contributed by atoms with E-state index >= 15 is 0 Å². The van der Waals surface area contributed by atoms with Crippen LogP contribution in [0.3, 0.4) is 0 Å². The SMILES string of the molecule is CON=C(C(=O)NC1C(=O)N2CC(C=COS(=O)(=O)c3ccc(C)cc3)(C(=O)O)CS[C@H]12)c1nsc(N)n1. The lowest BCUT2D eigenvalue weighted by molar-refractivity contribution is -0.156. The number of aliphatic carboxylic acids is 1. The minimum absolute atomic E-state index is 0.0171. The maximum absolute atomic E-state index is 12.8. The number of aryl methyl sites for hydroxylation is 1. The molecule has 0 spiro atoms. The number of rotatable bonds is 9. The molecule has 202 valence electrons. The Bertz CT molecular complexity index is 1420. The van der Waals surface area contributed by atoms with Gasteiger partial charge in [0.15, 0.2) is 5.13 Å². The lowest BCUT2D eigenvalue weighted by Gasteiger charge is -2.53. The Kier molecular flexibility index (Phi) is 7.61. The van der Waals surface area contributed by atoms with Gasteiger partial charge in [0.1, 0.15) is 35.1 Å².